The zero-order valence-electron chi connectivity index (χ0n) is 13.7. The van der Waals surface area contributed by atoms with Gasteiger partial charge in [-0.05, 0) is 32.0 Å². The molecule has 2 aromatic rings. The van der Waals surface area contributed by atoms with E-state index in [1.165, 1.54) is 17.5 Å². The van der Waals surface area contributed by atoms with Crippen molar-refractivity contribution in [3.8, 4) is 0 Å². The molecule has 0 radical (unpaired) electrons. The lowest BCUT2D eigenvalue weighted by atomic mass is 10.1. The molecule has 1 heterocycles. The summed E-state index contributed by atoms with van der Waals surface area (Å²) in [5.41, 5.74) is 3.50. The van der Waals surface area contributed by atoms with Gasteiger partial charge in [-0.15, -0.1) is 0 Å². The number of rotatable bonds is 7. The summed E-state index contributed by atoms with van der Waals surface area (Å²) in [6.45, 7) is 9.74. The van der Waals surface area contributed by atoms with Gasteiger partial charge in [0, 0.05) is 30.7 Å². The molecular weight excluding hydrogens is 258 g/mol. The molecule has 0 aliphatic heterocycles. The van der Waals surface area contributed by atoms with E-state index in [2.05, 4.69) is 61.3 Å². The van der Waals surface area contributed by atoms with E-state index >= 15 is 0 Å². The number of anilines is 1. The third-order valence-electron chi connectivity index (χ3n) is 4.06. The highest BCUT2D eigenvalue weighted by Gasteiger charge is 2.13. The van der Waals surface area contributed by atoms with Crippen molar-refractivity contribution in [1.29, 1.82) is 0 Å². The highest BCUT2D eigenvalue weighted by atomic mass is 15.1. The van der Waals surface area contributed by atoms with Gasteiger partial charge in [0.15, 0.2) is 0 Å². The van der Waals surface area contributed by atoms with Crippen molar-refractivity contribution in [3.63, 3.8) is 0 Å². The van der Waals surface area contributed by atoms with Crippen molar-refractivity contribution < 1.29 is 0 Å². The maximum atomic E-state index is 4.75. The number of nitrogens with zero attached hydrogens (tertiary/aromatic N) is 2. The van der Waals surface area contributed by atoms with Gasteiger partial charge >= 0.3 is 0 Å². The Kier molecular flexibility index (Phi) is 5.57. The Labute approximate surface area is 128 Å². The average Bonchev–Trinajstić information content (AvgIpc) is 2.52. The van der Waals surface area contributed by atoms with E-state index in [1.807, 2.05) is 7.05 Å². The van der Waals surface area contributed by atoms with Gasteiger partial charge in [-0.1, -0.05) is 38.5 Å². The van der Waals surface area contributed by atoms with Crippen LogP contribution in [0.25, 0.3) is 10.9 Å². The Morgan fingerprint density at radius 2 is 2.00 bits per heavy atom. The van der Waals surface area contributed by atoms with Crippen LogP contribution >= 0.6 is 0 Å². The molecule has 0 saturated carbocycles. The zero-order chi connectivity index (χ0) is 15.2. The summed E-state index contributed by atoms with van der Waals surface area (Å²) < 4.78 is 0. The second kappa shape index (κ2) is 7.41. The molecule has 0 spiro atoms. The van der Waals surface area contributed by atoms with Crippen LogP contribution in [-0.4, -0.2) is 25.1 Å². The van der Waals surface area contributed by atoms with E-state index in [4.69, 9.17) is 4.98 Å². The number of aromatic nitrogens is 1. The molecule has 0 fully saturated rings. The van der Waals surface area contributed by atoms with Gasteiger partial charge in [0.2, 0.25) is 0 Å². The molecule has 1 unspecified atom stereocenters. The molecule has 0 saturated heterocycles. The molecular formula is C18H27N3. The molecule has 3 heteroatoms. The van der Waals surface area contributed by atoms with Crippen LogP contribution in [0.4, 0.5) is 5.69 Å². The lowest BCUT2D eigenvalue weighted by molar-refractivity contribution is 0.548. The standard InChI is InChI=1S/C18H27N3/c1-5-14(3)13-21(6-2)18-11-15(12-19-4)20-17-10-8-7-9-16(17)18/h7-11,14,19H,5-6,12-13H2,1-4H3. The first-order valence-electron chi connectivity index (χ1n) is 7.97. The summed E-state index contributed by atoms with van der Waals surface area (Å²) in [6, 6.07) is 10.7. The van der Waals surface area contributed by atoms with Gasteiger partial charge in [0.25, 0.3) is 0 Å². The Balaban J connectivity index is 2.47. The van der Waals surface area contributed by atoms with E-state index in [0.717, 1.165) is 30.8 Å². The SMILES string of the molecule is CCC(C)CN(CC)c1cc(CNC)nc2ccccc12. The minimum Gasteiger partial charge on any atom is -0.371 e. The van der Waals surface area contributed by atoms with Crippen LogP contribution < -0.4 is 10.2 Å². The Hall–Kier alpha value is -1.61. The molecule has 114 valence electrons. The van der Waals surface area contributed by atoms with Crippen LogP contribution in [0.5, 0.6) is 0 Å². The van der Waals surface area contributed by atoms with E-state index < -0.39 is 0 Å². The third-order valence-corrected chi connectivity index (χ3v) is 4.06. The normalized spacial score (nSPS) is 12.6. The number of fused-ring (bicyclic) bond motifs is 1. The van der Waals surface area contributed by atoms with Crippen LogP contribution in [0.15, 0.2) is 30.3 Å². The van der Waals surface area contributed by atoms with Gasteiger partial charge in [-0.3, -0.25) is 4.98 Å². The number of hydrogen-bond acceptors (Lipinski definition) is 3. The fourth-order valence-corrected chi connectivity index (χ4v) is 2.65. The molecule has 3 nitrogen and oxygen atoms in total. The molecule has 1 aromatic carbocycles. The molecule has 0 bridgehead atoms. The topological polar surface area (TPSA) is 28.2 Å². The molecule has 21 heavy (non-hydrogen) atoms. The predicted octanol–water partition coefficient (Wildman–Crippen LogP) is 3.83. The quantitative estimate of drug-likeness (QED) is 0.838. The summed E-state index contributed by atoms with van der Waals surface area (Å²) in [7, 11) is 1.97. The zero-order valence-corrected chi connectivity index (χ0v) is 13.7. The number of pyridine rings is 1. The number of para-hydroxylation sites is 1. The monoisotopic (exact) mass is 285 g/mol. The van der Waals surface area contributed by atoms with Crippen LogP contribution in [0, 0.1) is 5.92 Å². The molecule has 0 aliphatic rings. The minimum absolute atomic E-state index is 0.699. The molecule has 0 aliphatic carbocycles. The second-order valence-electron chi connectivity index (χ2n) is 5.73. The van der Waals surface area contributed by atoms with Crippen LogP contribution in [0.1, 0.15) is 32.9 Å². The highest BCUT2D eigenvalue weighted by Crippen LogP contribution is 2.27. The van der Waals surface area contributed by atoms with Gasteiger partial charge in [0.05, 0.1) is 11.2 Å². The summed E-state index contributed by atoms with van der Waals surface area (Å²) in [4.78, 5) is 7.24. The van der Waals surface area contributed by atoms with Gasteiger partial charge in [0.1, 0.15) is 0 Å². The molecule has 1 aromatic heterocycles. The second-order valence-corrected chi connectivity index (χ2v) is 5.73. The maximum Gasteiger partial charge on any atom is 0.0726 e. The van der Waals surface area contributed by atoms with Crippen molar-refractivity contribution in [3.05, 3.63) is 36.0 Å². The summed E-state index contributed by atoms with van der Waals surface area (Å²) >= 11 is 0. The first-order chi connectivity index (χ1) is 10.2. The third kappa shape index (κ3) is 3.73. The summed E-state index contributed by atoms with van der Waals surface area (Å²) in [5, 5.41) is 4.46. The molecule has 0 amide bonds. The van der Waals surface area contributed by atoms with Crippen molar-refractivity contribution >= 4 is 16.6 Å². The highest BCUT2D eigenvalue weighted by molar-refractivity contribution is 5.92. The first kappa shape index (κ1) is 15.8. The van der Waals surface area contributed by atoms with Crippen LogP contribution in [0.3, 0.4) is 0 Å². The van der Waals surface area contributed by atoms with Gasteiger partial charge in [-0.2, -0.15) is 0 Å². The number of hydrogen-bond donors (Lipinski definition) is 1. The first-order valence-corrected chi connectivity index (χ1v) is 7.97. The lowest BCUT2D eigenvalue weighted by Crippen LogP contribution is -2.28. The largest absolute Gasteiger partial charge is 0.371 e. The van der Waals surface area contributed by atoms with Gasteiger partial charge in [-0.25, -0.2) is 0 Å². The Morgan fingerprint density at radius 1 is 1.24 bits per heavy atom. The fraction of sp³-hybridized carbons (Fsp3) is 0.500. The van der Waals surface area contributed by atoms with Crippen molar-refractivity contribution in [2.75, 3.05) is 25.0 Å². The van der Waals surface area contributed by atoms with Crippen molar-refractivity contribution in [2.45, 2.75) is 33.7 Å². The van der Waals surface area contributed by atoms with E-state index in [1.54, 1.807) is 0 Å². The predicted molar refractivity (Wildman–Crippen MR) is 91.8 cm³/mol. The Bertz CT molecular complexity index is 580. The van der Waals surface area contributed by atoms with Gasteiger partial charge < -0.3 is 10.2 Å². The van der Waals surface area contributed by atoms with E-state index in [-0.39, 0.29) is 0 Å². The smallest absolute Gasteiger partial charge is 0.0726 e. The average molecular weight is 285 g/mol. The van der Waals surface area contributed by atoms with Crippen molar-refractivity contribution in [2.24, 2.45) is 5.92 Å². The molecule has 1 atom stereocenters. The summed E-state index contributed by atoms with van der Waals surface area (Å²) in [6.07, 6.45) is 1.21. The minimum atomic E-state index is 0.699. The van der Waals surface area contributed by atoms with E-state index in [9.17, 15) is 0 Å². The Morgan fingerprint density at radius 3 is 2.67 bits per heavy atom. The number of benzene rings is 1. The van der Waals surface area contributed by atoms with Crippen molar-refractivity contribution in [1.82, 2.24) is 10.3 Å². The van der Waals surface area contributed by atoms with Crippen LogP contribution in [0.2, 0.25) is 0 Å². The van der Waals surface area contributed by atoms with Crippen LogP contribution in [-0.2, 0) is 6.54 Å². The fourth-order valence-electron chi connectivity index (χ4n) is 2.65. The molecule has 2 rings (SSSR count). The number of nitrogens with one attached hydrogen (secondary N) is 1. The lowest BCUT2D eigenvalue weighted by Gasteiger charge is -2.28. The maximum absolute atomic E-state index is 4.75. The molecule has 1 N–H and O–H groups in total. The summed E-state index contributed by atoms with van der Waals surface area (Å²) in [5.74, 6) is 0.699. The van der Waals surface area contributed by atoms with E-state index in [0.29, 0.717) is 5.92 Å².